The molecule has 33 heavy (non-hydrogen) atoms. The van der Waals surface area contributed by atoms with E-state index in [0.717, 1.165) is 32.4 Å². The van der Waals surface area contributed by atoms with Gasteiger partial charge in [-0.3, -0.25) is 4.79 Å². The third-order valence-corrected chi connectivity index (χ3v) is 9.98. The van der Waals surface area contributed by atoms with E-state index >= 15 is 0 Å². The van der Waals surface area contributed by atoms with Crippen LogP contribution in [0.4, 0.5) is 0 Å². The van der Waals surface area contributed by atoms with Crippen LogP contribution in [-0.4, -0.2) is 86.5 Å². The first-order valence-corrected chi connectivity index (χ1v) is 14.1. The average molecular weight is 519 g/mol. The molecule has 0 aliphatic carbocycles. The molecule has 10 heteroatoms. The molecule has 1 aromatic carbocycles. The molecule has 0 N–H and O–H groups in total. The van der Waals surface area contributed by atoms with Gasteiger partial charge in [0.25, 0.3) is 0 Å². The Kier molecular flexibility index (Phi) is 8.57. The van der Waals surface area contributed by atoms with Crippen LogP contribution < -0.4 is 0 Å². The molecule has 1 unspecified atom stereocenters. The van der Waals surface area contributed by atoms with E-state index in [1.165, 1.54) is 48.8 Å². The Bertz CT molecular complexity index is 911. The summed E-state index contributed by atoms with van der Waals surface area (Å²) >= 11 is 12.3. The molecular formula is C23H33Cl2N3O4S. The van der Waals surface area contributed by atoms with Crippen molar-refractivity contribution in [2.24, 2.45) is 0 Å². The number of halogens is 2. The Balaban J connectivity index is 1.26. The molecule has 184 valence electrons. The summed E-state index contributed by atoms with van der Waals surface area (Å²) in [6, 6.07) is 4.92. The van der Waals surface area contributed by atoms with Crippen LogP contribution in [0.25, 0.3) is 0 Å². The zero-order valence-electron chi connectivity index (χ0n) is 18.9. The summed E-state index contributed by atoms with van der Waals surface area (Å²) in [5.74, 6) is -0.0198. The molecule has 4 rings (SSSR count). The highest BCUT2D eigenvalue weighted by molar-refractivity contribution is 7.89. The van der Waals surface area contributed by atoms with Crippen LogP contribution in [0, 0.1) is 0 Å². The summed E-state index contributed by atoms with van der Waals surface area (Å²) in [6.45, 7) is 4.43. The summed E-state index contributed by atoms with van der Waals surface area (Å²) < 4.78 is 33.6. The quantitative estimate of drug-likeness (QED) is 0.552. The molecule has 0 radical (unpaired) electrons. The fraction of sp³-hybridized carbons (Fsp3) is 0.696. The summed E-state index contributed by atoms with van der Waals surface area (Å²) in [4.78, 5) is 17.1. The predicted molar refractivity (Wildman–Crippen MR) is 129 cm³/mol. The summed E-state index contributed by atoms with van der Waals surface area (Å²) in [6.07, 6.45) is 7.32. The summed E-state index contributed by atoms with van der Waals surface area (Å²) in [5.41, 5.74) is 0. The van der Waals surface area contributed by atoms with Crippen LogP contribution in [0.2, 0.25) is 10.0 Å². The van der Waals surface area contributed by atoms with Crippen LogP contribution in [0.5, 0.6) is 0 Å². The van der Waals surface area contributed by atoms with Gasteiger partial charge in [0, 0.05) is 31.7 Å². The van der Waals surface area contributed by atoms with E-state index in [2.05, 4.69) is 4.90 Å². The molecule has 3 fully saturated rings. The van der Waals surface area contributed by atoms with Gasteiger partial charge in [0.2, 0.25) is 15.9 Å². The number of nitrogens with zero attached hydrogens (tertiary/aromatic N) is 3. The van der Waals surface area contributed by atoms with Crippen molar-refractivity contribution in [3.8, 4) is 0 Å². The molecule has 3 saturated heterocycles. The zero-order chi connectivity index (χ0) is 23.4. The van der Waals surface area contributed by atoms with E-state index in [1.54, 1.807) is 6.07 Å². The number of benzene rings is 1. The van der Waals surface area contributed by atoms with Crippen LogP contribution in [0.3, 0.4) is 0 Å². The number of carbonyl (C=O) groups excluding carboxylic acids is 1. The van der Waals surface area contributed by atoms with Crippen molar-refractivity contribution in [2.75, 3.05) is 45.9 Å². The minimum Gasteiger partial charge on any atom is -0.370 e. The highest BCUT2D eigenvalue weighted by Crippen LogP contribution is 2.34. The number of likely N-dealkylation sites (tertiary alicyclic amines) is 2. The van der Waals surface area contributed by atoms with Gasteiger partial charge in [-0.15, -0.1) is 0 Å². The normalized spacial score (nSPS) is 23.8. The Morgan fingerprint density at radius 2 is 1.61 bits per heavy atom. The van der Waals surface area contributed by atoms with E-state index in [9.17, 15) is 13.2 Å². The SMILES string of the molecule is O=C(COCC1CCCN1S(=O)(=O)c1c(Cl)cccc1Cl)N1CCC(N2CCCCC2)CC1. The smallest absolute Gasteiger partial charge is 0.248 e. The molecule has 1 amide bonds. The number of rotatable bonds is 7. The number of amides is 1. The van der Waals surface area contributed by atoms with E-state index in [1.807, 2.05) is 4.90 Å². The molecule has 0 saturated carbocycles. The largest absolute Gasteiger partial charge is 0.370 e. The van der Waals surface area contributed by atoms with Crippen molar-refractivity contribution >= 4 is 39.1 Å². The lowest BCUT2D eigenvalue weighted by molar-refractivity contribution is -0.138. The maximum atomic E-state index is 13.2. The first-order valence-electron chi connectivity index (χ1n) is 11.9. The Morgan fingerprint density at radius 1 is 0.939 bits per heavy atom. The topological polar surface area (TPSA) is 70.2 Å². The minimum absolute atomic E-state index is 0.0198. The Labute approximate surface area is 207 Å². The van der Waals surface area contributed by atoms with Gasteiger partial charge < -0.3 is 14.5 Å². The first kappa shape index (κ1) is 25.2. The lowest BCUT2D eigenvalue weighted by Gasteiger charge is -2.40. The van der Waals surface area contributed by atoms with Crippen molar-refractivity contribution in [1.82, 2.24) is 14.1 Å². The van der Waals surface area contributed by atoms with E-state index in [0.29, 0.717) is 19.0 Å². The lowest BCUT2D eigenvalue weighted by atomic mass is 10.00. The lowest BCUT2D eigenvalue weighted by Crippen LogP contribution is -2.49. The molecule has 7 nitrogen and oxygen atoms in total. The Hall–Kier alpha value is -0.900. The fourth-order valence-electron chi connectivity index (χ4n) is 5.28. The third-order valence-electron chi connectivity index (χ3n) is 7.07. The summed E-state index contributed by atoms with van der Waals surface area (Å²) in [5, 5.41) is 0.217. The van der Waals surface area contributed by atoms with Crippen LogP contribution in [-0.2, 0) is 19.6 Å². The maximum absolute atomic E-state index is 13.2. The van der Waals surface area contributed by atoms with Gasteiger partial charge in [-0.25, -0.2) is 8.42 Å². The first-order chi connectivity index (χ1) is 15.9. The van der Waals surface area contributed by atoms with Crippen molar-refractivity contribution in [1.29, 1.82) is 0 Å². The number of hydrogen-bond acceptors (Lipinski definition) is 5. The van der Waals surface area contributed by atoms with Gasteiger partial charge in [-0.2, -0.15) is 4.31 Å². The van der Waals surface area contributed by atoms with Gasteiger partial charge in [-0.05, 0) is 63.7 Å². The van der Waals surface area contributed by atoms with E-state index in [-0.39, 0.29) is 40.1 Å². The number of carbonyl (C=O) groups is 1. The number of ether oxygens (including phenoxy) is 1. The molecular weight excluding hydrogens is 485 g/mol. The maximum Gasteiger partial charge on any atom is 0.248 e. The molecule has 3 aliphatic rings. The second kappa shape index (κ2) is 11.2. The van der Waals surface area contributed by atoms with Crippen LogP contribution >= 0.6 is 23.2 Å². The van der Waals surface area contributed by atoms with Gasteiger partial charge in [0.1, 0.15) is 11.5 Å². The second-order valence-electron chi connectivity index (χ2n) is 9.19. The van der Waals surface area contributed by atoms with Crippen LogP contribution in [0.1, 0.15) is 44.9 Å². The van der Waals surface area contributed by atoms with E-state index in [4.69, 9.17) is 27.9 Å². The standard InChI is InChI=1S/C23H33Cl2N3O4S/c24-20-7-4-8-21(25)23(20)33(30,31)28-13-5-6-19(28)16-32-17-22(29)27-14-9-18(10-15-27)26-11-2-1-3-12-26/h4,7-8,18-19H,1-3,5-6,9-17H2. The highest BCUT2D eigenvalue weighted by atomic mass is 35.5. The van der Waals surface area contributed by atoms with Gasteiger partial charge >= 0.3 is 0 Å². The molecule has 0 spiro atoms. The Morgan fingerprint density at radius 3 is 2.27 bits per heavy atom. The van der Waals surface area contributed by atoms with Gasteiger partial charge in [0.05, 0.1) is 16.7 Å². The van der Waals surface area contributed by atoms with Crippen LogP contribution in [0.15, 0.2) is 23.1 Å². The molecule has 0 bridgehead atoms. The third kappa shape index (κ3) is 5.85. The van der Waals surface area contributed by atoms with E-state index < -0.39 is 10.0 Å². The second-order valence-corrected chi connectivity index (χ2v) is 11.8. The molecule has 1 aromatic rings. The predicted octanol–water partition coefficient (Wildman–Crippen LogP) is 3.64. The number of hydrogen-bond donors (Lipinski definition) is 0. The average Bonchev–Trinajstić information content (AvgIpc) is 3.29. The van der Waals surface area contributed by atoms with Gasteiger partial charge in [-0.1, -0.05) is 35.7 Å². The number of piperidine rings is 2. The van der Waals surface area contributed by atoms with Crippen molar-refractivity contribution in [3.63, 3.8) is 0 Å². The van der Waals surface area contributed by atoms with Crippen molar-refractivity contribution < 1.29 is 17.9 Å². The highest BCUT2D eigenvalue weighted by Gasteiger charge is 2.38. The molecule has 0 aromatic heterocycles. The zero-order valence-corrected chi connectivity index (χ0v) is 21.3. The number of sulfonamides is 1. The minimum atomic E-state index is -3.85. The molecule has 1 atom stereocenters. The molecule has 3 heterocycles. The monoisotopic (exact) mass is 517 g/mol. The van der Waals surface area contributed by atoms with Crippen molar-refractivity contribution in [2.45, 2.75) is 61.9 Å². The van der Waals surface area contributed by atoms with Gasteiger partial charge in [0.15, 0.2) is 0 Å². The summed E-state index contributed by atoms with van der Waals surface area (Å²) in [7, 11) is -3.85. The van der Waals surface area contributed by atoms with Crippen molar-refractivity contribution in [3.05, 3.63) is 28.2 Å². The fourth-order valence-corrected chi connectivity index (χ4v) is 8.05. The molecule has 3 aliphatic heterocycles.